The molecule has 2 rings (SSSR count). The Morgan fingerprint density at radius 2 is 1.72 bits per heavy atom. The van der Waals surface area contributed by atoms with Gasteiger partial charge in [0.05, 0.1) is 5.56 Å². The molecule has 2 aromatic rings. The van der Waals surface area contributed by atoms with Gasteiger partial charge in [0, 0.05) is 22.8 Å². The SMILES string of the molecule is O=S(=O)(Cl)c1nc(-c2c(F)cc(F)cc2F)n[nH]1. The molecule has 0 aliphatic rings. The molecule has 0 spiro atoms. The van der Waals surface area contributed by atoms with E-state index >= 15 is 0 Å². The monoisotopic (exact) mass is 297 g/mol. The lowest BCUT2D eigenvalue weighted by Crippen LogP contribution is -1.95. The van der Waals surface area contributed by atoms with Gasteiger partial charge in [0.25, 0.3) is 14.2 Å². The van der Waals surface area contributed by atoms with Crippen LogP contribution >= 0.6 is 10.7 Å². The van der Waals surface area contributed by atoms with Crippen molar-refractivity contribution in [3.05, 3.63) is 29.6 Å². The van der Waals surface area contributed by atoms with Gasteiger partial charge >= 0.3 is 0 Å². The molecule has 0 bridgehead atoms. The standard InChI is InChI=1S/C8H3ClF3N3O2S/c9-18(16,17)8-13-7(14-15-8)6-4(11)1-3(10)2-5(6)12/h1-2H,(H,13,14,15). The van der Waals surface area contributed by atoms with E-state index < -0.39 is 43.0 Å². The average molecular weight is 298 g/mol. The zero-order chi connectivity index (χ0) is 13.5. The van der Waals surface area contributed by atoms with Crippen LogP contribution in [0.5, 0.6) is 0 Å². The first kappa shape index (κ1) is 12.8. The highest BCUT2D eigenvalue weighted by Crippen LogP contribution is 2.24. The predicted molar refractivity (Wildman–Crippen MR) is 54.7 cm³/mol. The van der Waals surface area contributed by atoms with Gasteiger partial charge in [0.15, 0.2) is 5.82 Å². The second-order valence-electron chi connectivity index (χ2n) is 3.15. The van der Waals surface area contributed by atoms with Crippen molar-refractivity contribution >= 4 is 19.7 Å². The maximum atomic E-state index is 13.3. The summed E-state index contributed by atoms with van der Waals surface area (Å²) in [4.78, 5) is 3.31. The second kappa shape index (κ2) is 4.25. The van der Waals surface area contributed by atoms with Crippen LogP contribution in [-0.4, -0.2) is 23.6 Å². The molecule has 0 amide bonds. The van der Waals surface area contributed by atoms with Crippen LogP contribution in [-0.2, 0) is 9.05 Å². The fourth-order valence-corrected chi connectivity index (χ4v) is 1.78. The molecule has 0 aliphatic heterocycles. The summed E-state index contributed by atoms with van der Waals surface area (Å²) in [7, 11) is 0.755. The molecule has 96 valence electrons. The fourth-order valence-electron chi connectivity index (χ4n) is 1.22. The number of hydrogen-bond donors (Lipinski definition) is 1. The van der Waals surface area contributed by atoms with Crippen molar-refractivity contribution in [2.75, 3.05) is 0 Å². The summed E-state index contributed by atoms with van der Waals surface area (Å²) in [5, 5.41) is 4.45. The highest BCUT2D eigenvalue weighted by Gasteiger charge is 2.21. The number of H-pyrrole nitrogens is 1. The topological polar surface area (TPSA) is 75.7 Å². The summed E-state index contributed by atoms with van der Waals surface area (Å²) in [6.45, 7) is 0. The van der Waals surface area contributed by atoms with Crippen LogP contribution in [0.4, 0.5) is 13.2 Å². The van der Waals surface area contributed by atoms with Gasteiger partial charge in [-0.05, 0) is 0 Å². The van der Waals surface area contributed by atoms with Crippen molar-refractivity contribution in [3.63, 3.8) is 0 Å². The van der Waals surface area contributed by atoms with Gasteiger partial charge in [-0.25, -0.2) is 26.7 Å². The molecule has 0 saturated carbocycles. The Morgan fingerprint density at radius 3 is 2.17 bits per heavy atom. The van der Waals surface area contributed by atoms with Crippen LogP contribution in [0.2, 0.25) is 0 Å². The Balaban J connectivity index is 2.60. The van der Waals surface area contributed by atoms with Crippen LogP contribution in [0.1, 0.15) is 0 Å². The first-order valence-corrected chi connectivity index (χ1v) is 6.62. The molecule has 1 heterocycles. The van der Waals surface area contributed by atoms with E-state index in [0.717, 1.165) is 0 Å². The minimum absolute atomic E-state index is 0.420. The van der Waals surface area contributed by atoms with E-state index in [0.29, 0.717) is 12.1 Å². The highest BCUT2D eigenvalue weighted by molar-refractivity contribution is 8.13. The fraction of sp³-hybridized carbons (Fsp3) is 0. The number of hydrogen-bond acceptors (Lipinski definition) is 4. The zero-order valence-electron chi connectivity index (χ0n) is 8.29. The maximum Gasteiger partial charge on any atom is 0.296 e. The Labute approximate surface area is 103 Å². The minimum Gasteiger partial charge on any atom is -0.248 e. The Kier molecular flexibility index (Phi) is 3.03. The molecule has 10 heteroatoms. The van der Waals surface area contributed by atoms with E-state index in [1.807, 2.05) is 5.10 Å². The lowest BCUT2D eigenvalue weighted by Gasteiger charge is -2.00. The Hall–Kier alpha value is -1.61. The summed E-state index contributed by atoms with van der Waals surface area (Å²) >= 11 is 0. The van der Waals surface area contributed by atoms with Crippen molar-refractivity contribution in [1.29, 1.82) is 0 Å². The second-order valence-corrected chi connectivity index (χ2v) is 5.63. The third kappa shape index (κ3) is 2.31. The molecule has 1 aromatic heterocycles. The molecular formula is C8H3ClF3N3O2S. The molecule has 0 saturated heterocycles. The predicted octanol–water partition coefficient (Wildman–Crippen LogP) is 1.82. The van der Waals surface area contributed by atoms with Crippen molar-refractivity contribution in [2.24, 2.45) is 0 Å². The largest absolute Gasteiger partial charge is 0.296 e. The average Bonchev–Trinajstić information content (AvgIpc) is 2.64. The third-order valence-corrected chi connectivity index (χ3v) is 3.01. The number of nitrogens with zero attached hydrogens (tertiary/aromatic N) is 2. The van der Waals surface area contributed by atoms with Crippen LogP contribution in [0.15, 0.2) is 17.3 Å². The highest BCUT2D eigenvalue weighted by atomic mass is 35.7. The van der Waals surface area contributed by atoms with Crippen molar-refractivity contribution in [3.8, 4) is 11.4 Å². The summed E-state index contributed by atoms with van der Waals surface area (Å²) in [5.41, 5.74) is -0.751. The smallest absolute Gasteiger partial charge is 0.248 e. The summed E-state index contributed by atoms with van der Waals surface area (Å²) in [5.74, 6) is -4.21. The number of halogens is 4. The molecule has 0 fully saturated rings. The third-order valence-electron chi connectivity index (χ3n) is 1.93. The normalized spacial score (nSPS) is 11.8. The molecule has 1 aromatic carbocycles. The van der Waals surface area contributed by atoms with Gasteiger partial charge in [0.2, 0.25) is 0 Å². The number of benzene rings is 1. The quantitative estimate of drug-likeness (QED) is 0.858. The molecule has 1 N–H and O–H groups in total. The van der Waals surface area contributed by atoms with Gasteiger partial charge in [-0.2, -0.15) is 10.1 Å². The molecule has 0 radical (unpaired) electrons. The number of nitrogens with one attached hydrogen (secondary N) is 1. The zero-order valence-corrected chi connectivity index (χ0v) is 9.86. The van der Waals surface area contributed by atoms with Gasteiger partial charge in [0.1, 0.15) is 17.5 Å². The van der Waals surface area contributed by atoms with E-state index in [1.54, 1.807) is 0 Å². The lowest BCUT2D eigenvalue weighted by atomic mass is 10.2. The number of rotatable bonds is 2. The van der Waals surface area contributed by atoms with Crippen LogP contribution in [0.3, 0.4) is 0 Å². The molecule has 18 heavy (non-hydrogen) atoms. The summed E-state index contributed by atoms with van der Waals surface area (Å²) < 4.78 is 61.1. The minimum atomic E-state index is -4.20. The lowest BCUT2D eigenvalue weighted by molar-refractivity contribution is 0.546. The molecule has 5 nitrogen and oxygen atoms in total. The summed E-state index contributed by atoms with van der Waals surface area (Å²) in [6, 6.07) is 0.841. The summed E-state index contributed by atoms with van der Waals surface area (Å²) in [6.07, 6.45) is 0. The van der Waals surface area contributed by atoms with Gasteiger partial charge in [-0.1, -0.05) is 0 Å². The van der Waals surface area contributed by atoms with Crippen molar-refractivity contribution in [2.45, 2.75) is 5.16 Å². The van der Waals surface area contributed by atoms with Crippen LogP contribution in [0.25, 0.3) is 11.4 Å². The molecule has 0 aliphatic carbocycles. The first-order chi connectivity index (χ1) is 8.29. The van der Waals surface area contributed by atoms with E-state index in [1.165, 1.54) is 0 Å². The Bertz CT molecular complexity index is 693. The number of aromatic nitrogens is 3. The molecule has 0 atom stereocenters. The van der Waals surface area contributed by atoms with Gasteiger partial charge < -0.3 is 0 Å². The van der Waals surface area contributed by atoms with Crippen LogP contribution in [0, 0.1) is 17.5 Å². The number of aromatic amines is 1. The maximum absolute atomic E-state index is 13.3. The molecule has 0 unspecified atom stereocenters. The molecular weight excluding hydrogens is 295 g/mol. The Morgan fingerprint density at radius 1 is 1.17 bits per heavy atom. The first-order valence-electron chi connectivity index (χ1n) is 4.31. The van der Waals surface area contributed by atoms with Crippen LogP contribution < -0.4 is 0 Å². The van der Waals surface area contributed by atoms with Gasteiger partial charge in [-0.15, -0.1) is 0 Å². The van der Waals surface area contributed by atoms with E-state index in [4.69, 9.17) is 10.7 Å². The van der Waals surface area contributed by atoms with Crippen molar-refractivity contribution in [1.82, 2.24) is 15.2 Å². The van der Waals surface area contributed by atoms with Gasteiger partial charge in [-0.3, -0.25) is 0 Å². The van der Waals surface area contributed by atoms with E-state index in [9.17, 15) is 21.6 Å². The van der Waals surface area contributed by atoms with E-state index in [-0.39, 0.29) is 0 Å². The van der Waals surface area contributed by atoms with Crippen molar-refractivity contribution < 1.29 is 21.6 Å². The van der Waals surface area contributed by atoms with E-state index in [2.05, 4.69) is 10.1 Å².